The number of nitrogens with one attached hydrogen (secondary N) is 1. The van der Waals surface area contributed by atoms with Gasteiger partial charge in [0.15, 0.2) is 12.4 Å². The molecule has 1 aromatic heterocycles. The summed E-state index contributed by atoms with van der Waals surface area (Å²) in [4.78, 5) is 25.9. The summed E-state index contributed by atoms with van der Waals surface area (Å²) >= 11 is 0. The molecule has 0 saturated heterocycles. The molecule has 162 valence electrons. The Morgan fingerprint density at radius 3 is 2.28 bits per heavy atom. The molecule has 0 spiro atoms. The highest BCUT2D eigenvalue weighted by atomic mass is 16.5. The molecule has 0 aliphatic rings. The Balaban J connectivity index is 1.66. The molecule has 1 N–H and O–H groups in total. The summed E-state index contributed by atoms with van der Waals surface area (Å²) in [5, 5.41) is 3.33. The monoisotopic (exact) mass is 427 g/mol. The Kier molecular flexibility index (Phi) is 6.08. The molecule has 3 aromatic carbocycles. The third-order valence-corrected chi connectivity index (χ3v) is 5.53. The van der Waals surface area contributed by atoms with Crippen LogP contribution in [0.5, 0.6) is 5.75 Å². The Bertz CT molecular complexity index is 1310. The third-order valence-electron chi connectivity index (χ3n) is 5.53. The standard InChI is InChI=1S/C27H25NO4/c1-17-14-22-23(15-18(17)2)32-26(21-12-8-5-9-13-21)27(25(22)30)31-16-24(29)28-19(3)20-10-6-4-7-11-20/h4-15,19H,16H2,1-3H3,(H,28,29). The van der Waals surface area contributed by atoms with Crippen molar-refractivity contribution >= 4 is 16.9 Å². The van der Waals surface area contributed by atoms with Gasteiger partial charge in [-0.05, 0) is 49.6 Å². The second-order valence-electron chi connectivity index (χ2n) is 7.88. The molecule has 1 heterocycles. The molecule has 0 aliphatic heterocycles. The van der Waals surface area contributed by atoms with E-state index in [2.05, 4.69) is 5.32 Å². The van der Waals surface area contributed by atoms with Gasteiger partial charge in [-0.2, -0.15) is 0 Å². The first-order valence-electron chi connectivity index (χ1n) is 10.5. The Labute approximate surface area is 186 Å². The lowest BCUT2D eigenvalue weighted by molar-refractivity contribution is -0.123. The van der Waals surface area contributed by atoms with Crippen LogP contribution in [0.15, 0.2) is 82.0 Å². The minimum Gasteiger partial charge on any atom is -0.476 e. The number of aryl methyl sites for hydroxylation is 2. The number of carbonyl (C=O) groups is 1. The third kappa shape index (κ3) is 4.42. The first-order valence-corrected chi connectivity index (χ1v) is 10.5. The Hall–Kier alpha value is -3.86. The van der Waals surface area contributed by atoms with Crippen molar-refractivity contribution in [1.29, 1.82) is 0 Å². The summed E-state index contributed by atoms with van der Waals surface area (Å²) < 4.78 is 11.9. The van der Waals surface area contributed by atoms with Crippen molar-refractivity contribution in [2.75, 3.05) is 6.61 Å². The summed E-state index contributed by atoms with van der Waals surface area (Å²) in [7, 11) is 0. The van der Waals surface area contributed by atoms with Crippen LogP contribution in [-0.2, 0) is 4.79 Å². The quantitative estimate of drug-likeness (QED) is 0.451. The van der Waals surface area contributed by atoms with Crippen LogP contribution in [0.2, 0.25) is 0 Å². The van der Waals surface area contributed by atoms with E-state index in [1.807, 2.05) is 87.5 Å². The van der Waals surface area contributed by atoms with E-state index in [-0.39, 0.29) is 29.7 Å². The van der Waals surface area contributed by atoms with Crippen molar-refractivity contribution < 1.29 is 13.9 Å². The molecule has 0 bridgehead atoms. The van der Waals surface area contributed by atoms with Crippen LogP contribution in [0.25, 0.3) is 22.3 Å². The van der Waals surface area contributed by atoms with Crippen molar-refractivity contribution in [3.05, 3.63) is 99.7 Å². The minimum atomic E-state index is -0.319. The van der Waals surface area contributed by atoms with Crippen LogP contribution in [0.1, 0.15) is 29.7 Å². The topological polar surface area (TPSA) is 68.5 Å². The average molecular weight is 428 g/mol. The Morgan fingerprint density at radius 1 is 0.969 bits per heavy atom. The van der Waals surface area contributed by atoms with E-state index in [1.54, 1.807) is 6.07 Å². The lowest BCUT2D eigenvalue weighted by Crippen LogP contribution is -2.32. The predicted octanol–water partition coefficient (Wildman–Crippen LogP) is 5.33. The van der Waals surface area contributed by atoms with E-state index in [9.17, 15) is 9.59 Å². The van der Waals surface area contributed by atoms with Gasteiger partial charge < -0.3 is 14.5 Å². The number of carbonyl (C=O) groups excluding carboxylic acids is 1. The molecule has 5 nitrogen and oxygen atoms in total. The molecular weight excluding hydrogens is 402 g/mol. The zero-order valence-corrected chi connectivity index (χ0v) is 18.3. The van der Waals surface area contributed by atoms with Gasteiger partial charge in [0.1, 0.15) is 5.58 Å². The van der Waals surface area contributed by atoms with Gasteiger partial charge in [-0.1, -0.05) is 60.7 Å². The number of hydrogen-bond acceptors (Lipinski definition) is 4. The molecule has 0 radical (unpaired) electrons. The van der Waals surface area contributed by atoms with Crippen LogP contribution in [0.3, 0.4) is 0 Å². The SMILES string of the molecule is Cc1cc2oc(-c3ccccc3)c(OCC(=O)NC(C)c3ccccc3)c(=O)c2cc1C. The fraction of sp³-hybridized carbons (Fsp3) is 0.185. The molecule has 1 unspecified atom stereocenters. The van der Waals surface area contributed by atoms with Gasteiger partial charge in [-0.3, -0.25) is 9.59 Å². The van der Waals surface area contributed by atoms with Gasteiger partial charge in [0, 0.05) is 5.56 Å². The van der Waals surface area contributed by atoms with Crippen LogP contribution in [-0.4, -0.2) is 12.5 Å². The van der Waals surface area contributed by atoms with Gasteiger partial charge in [-0.25, -0.2) is 0 Å². The van der Waals surface area contributed by atoms with Crippen LogP contribution in [0, 0.1) is 13.8 Å². The summed E-state index contributed by atoms with van der Waals surface area (Å²) in [5.74, 6) is 0.0321. The van der Waals surface area contributed by atoms with E-state index < -0.39 is 0 Å². The predicted molar refractivity (Wildman–Crippen MR) is 126 cm³/mol. The van der Waals surface area contributed by atoms with Crippen LogP contribution < -0.4 is 15.5 Å². The highest BCUT2D eigenvalue weighted by molar-refractivity contribution is 5.84. The van der Waals surface area contributed by atoms with Crippen LogP contribution in [0.4, 0.5) is 0 Å². The smallest absolute Gasteiger partial charge is 0.258 e. The molecule has 0 fully saturated rings. The minimum absolute atomic E-state index is 0.0365. The summed E-state index contributed by atoms with van der Waals surface area (Å²) in [6.07, 6.45) is 0. The van der Waals surface area contributed by atoms with Crippen molar-refractivity contribution in [3.63, 3.8) is 0 Å². The average Bonchev–Trinajstić information content (AvgIpc) is 2.81. The second-order valence-corrected chi connectivity index (χ2v) is 7.88. The highest BCUT2D eigenvalue weighted by Gasteiger charge is 2.20. The largest absolute Gasteiger partial charge is 0.476 e. The zero-order chi connectivity index (χ0) is 22.7. The van der Waals surface area contributed by atoms with E-state index in [4.69, 9.17) is 9.15 Å². The highest BCUT2D eigenvalue weighted by Crippen LogP contribution is 2.31. The molecular formula is C27H25NO4. The maximum Gasteiger partial charge on any atom is 0.258 e. The molecule has 5 heteroatoms. The molecule has 1 atom stereocenters. The number of ether oxygens (including phenoxy) is 1. The van der Waals surface area contributed by atoms with E-state index >= 15 is 0 Å². The number of hydrogen-bond donors (Lipinski definition) is 1. The number of amides is 1. The van der Waals surface area contributed by atoms with Gasteiger partial charge >= 0.3 is 0 Å². The first-order chi connectivity index (χ1) is 15.4. The van der Waals surface area contributed by atoms with Crippen molar-refractivity contribution in [2.45, 2.75) is 26.8 Å². The summed E-state index contributed by atoms with van der Waals surface area (Å²) in [6, 6.07) is 22.4. The molecule has 1 amide bonds. The van der Waals surface area contributed by atoms with Gasteiger partial charge in [0.05, 0.1) is 11.4 Å². The fourth-order valence-corrected chi connectivity index (χ4v) is 3.59. The second kappa shape index (κ2) is 9.10. The van der Waals surface area contributed by atoms with Crippen molar-refractivity contribution in [2.24, 2.45) is 0 Å². The molecule has 4 rings (SSSR count). The van der Waals surface area contributed by atoms with Crippen molar-refractivity contribution in [1.82, 2.24) is 5.32 Å². The maximum absolute atomic E-state index is 13.3. The number of fused-ring (bicyclic) bond motifs is 1. The molecule has 0 aliphatic carbocycles. The summed E-state index contributed by atoms with van der Waals surface area (Å²) in [6.45, 7) is 5.52. The van der Waals surface area contributed by atoms with Gasteiger partial charge in [0.25, 0.3) is 5.91 Å². The lowest BCUT2D eigenvalue weighted by atomic mass is 10.0. The number of benzene rings is 3. The summed E-state index contributed by atoms with van der Waals surface area (Å²) in [5.41, 5.74) is 3.91. The van der Waals surface area contributed by atoms with Gasteiger partial charge in [0.2, 0.25) is 11.2 Å². The lowest BCUT2D eigenvalue weighted by Gasteiger charge is -2.16. The van der Waals surface area contributed by atoms with E-state index in [0.717, 1.165) is 16.7 Å². The van der Waals surface area contributed by atoms with Crippen LogP contribution >= 0.6 is 0 Å². The molecule has 32 heavy (non-hydrogen) atoms. The molecule has 4 aromatic rings. The van der Waals surface area contributed by atoms with E-state index in [0.29, 0.717) is 22.3 Å². The fourth-order valence-electron chi connectivity index (χ4n) is 3.59. The van der Waals surface area contributed by atoms with E-state index in [1.165, 1.54) is 0 Å². The van der Waals surface area contributed by atoms with Crippen molar-refractivity contribution in [3.8, 4) is 17.1 Å². The normalized spacial score (nSPS) is 11.8. The zero-order valence-electron chi connectivity index (χ0n) is 18.3. The number of rotatable bonds is 6. The molecule has 0 saturated carbocycles. The Morgan fingerprint density at radius 2 is 1.59 bits per heavy atom. The maximum atomic E-state index is 13.3. The van der Waals surface area contributed by atoms with Gasteiger partial charge in [-0.15, -0.1) is 0 Å². The first kappa shape index (κ1) is 21.4.